The van der Waals surface area contributed by atoms with E-state index in [1.807, 2.05) is 81.6 Å². The van der Waals surface area contributed by atoms with Gasteiger partial charge in [0.2, 0.25) is 11.8 Å². The van der Waals surface area contributed by atoms with Gasteiger partial charge in [0.15, 0.2) is 0 Å². The van der Waals surface area contributed by atoms with Crippen molar-refractivity contribution in [2.75, 3.05) is 28.7 Å². The van der Waals surface area contributed by atoms with Crippen molar-refractivity contribution in [1.82, 2.24) is 0 Å². The summed E-state index contributed by atoms with van der Waals surface area (Å²) >= 11 is 0. The predicted molar refractivity (Wildman–Crippen MR) is 126 cm³/mol. The average molecular weight is 414 g/mol. The Bertz CT molecular complexity index is 1090. The normalized spacial score (nSPS) is 15.8. The van der Waals surface area contributed by atoms with Gasteiger partial charge in [0.25, 0.3) is 0 Å². The molecule has 5 heteroatoms. The minimum Gasteiger partial charge on any atom is -0.345 e. The minimum absolute atomic E-state index is 0.00585. The second-order valence-corrected chi connectivity index (χ2v) is 8.13. The van der Waals surface area contributed by atoms with Gasteiger partial charge >= 0.3 is 0 Å². The van der Waals surface area contributed by atoms with E-state index < -0.39 is 0 Å². The second kappa shape index (κ2) is 8.64. The highest BCUT2D eigenvalue weighted by Crippen LogP contribution is 2.30. The van der Waals surface area contributed by atoms with Crippen molar-refractivity contribution in [2.45, 2.75) is 20.3 Å². The molecule has 2 amide bonds. The summed E-state index contributed by atoms with van der Waals surface area (Å²) in [6.07, 6.45) is 0.230. The summed E-state index contributed by atoms with van der Waals surface area (Å²) in [6.45, 7) is 4.40. The fourth-order valence-electron chi connectivity index (χ4n) is 3.94. The van der Waals surface area contributed by atoms with Gasteiger partial charge in [0.05, 0.1) is 5.92 Å². The smallest absolute Gasteiger partial charge is 0.229 e. The number of rotatable bonds is 5. The first-order valence-corrected chi connectivity index (χ1v) is 10.5. The summed E-state index contributed by atoms with van der Waals surface area (Å²) in [5.41, 5.74) is 5.89. The van der Waals surface area contributed by atoms with Crippen molar-refractivity contribution < 1.29 is 9.59 Å². The highest BCUT2D eigenvalue weighted by atomic mass is 16.2. The van der Waals surface area contributed by atoms with Gasteiger partial charge in [-0.1, -0.05) is 30.3 Å². The Kier molecular flexibility index (Phi) is 5.76. The van der Waals surface area contributed by atoms with Crippen molar-refractivity contribution in [1.29, 1.82) is 0 Å². The zero-order chi connectivity index (χ0) is 22.0. The highest BCUT2D eigenvalue weighted by Gasteiger charge is 2.35. The van der Waals surface area contributed by atoms with E-state index in [-0.39, 0.29) is 24.2 Å². The SMILES string of the molecule is Cc1ccc(C)c(N2CC(C(=O)Nc3ccc(N(C)c4ccccc4)cc3)CC2=O)c1. The van der Waals surface area contributed by atoms with Crippen molar-refractivity contribution in [3.05, 3.63) is 83.9 Å². The molecule has 0 bridgehead atoms. The molecule has 3 aromatic rings. The molecular formula is C26H27N3O2. The molecular weight excluding hydrogens is 386 g/mol. The number of nitrogens with one attached hydrogen (secondary N) is 1. The molecule has 3 aromatic carbocycles. The monoisotopic (exact) mass is 413 g/mol. The fraction of sp³-hybridized carbons (Fsp3) is 0.231. The number of aryl methyl sites for hydroxylation is 2. The molecule has 5 nitrogen and oxygen atoms in total. The van der Waals surface area contributed by atoms with Crippen LogP contribution >= 0.6 is 0 Å². The average Bonchev–Trinajstić information content (AvgIpc) is 3.17. The van der Waals surface area contributed by atoms with Crippen LogP contribution in [0.1, 0.15) is 17.5 Å². The number of benzene rings is 3. The van der Waals surface area contributed by atoms with Crippen LogP contribution in [-0.4, -0.2) is 25.4 Å². The first kappa shape index (κ1) is 20.7. The van der Waals surface area contributed by atoms with Gasteiger partial charge in [-0.15, -0.1) is 0 Å². The second-order valence-electron chi connectivity index (χ2n) is 8.13. The van der Waals surface area contributed by atoms with Gasteiger partial charge in [-0.05, 0) is 67.4 Å². The summed E-state index contributed by atoms with van der Waals surface area (Å²) in [6, 6.07) is 23.9. The van der Waals surface area contributed by atoms with E-state index in [2.05, 4.69) is 22.3 Å². The number of hydrogen-bond donors (Lipinski definition) is 1. The number of hydrogen-bond acceptors (Lipinski definition) is 3. The largest absolute Gasteiger partial charge is 0.345 e. The maximum Gasteiger partial charge on any atom is 0.229 e. The Labute approximate surface area is 183 Å². The van der Waals surface area contributed by atoms with Crippen molar-refractivity contribution >= 4 is 34.6 Å². The molecule has 1 aliphatic heterocycles. The van der Waals surface area contributed by atoms with Crippen LogP contribution in [0.5, 0.6) is 0 Å². The minimum atomic E-state index is -0.362. The molecule has 158 valence electrons. The molecule has 0 saturated carbocycles. The van der Waals surface area contributed by atoms with Crippen LogP contribution in [0, 0.1) is 19.8 Å². The third-order valence-electron chi connectivity index (χ3n) is 5.82. The Hall–Kier alpha value is -3.60. The van der Waals surface area contributed by atoms with Crippen molar-refractivity contribution in [3.8, 4) is 0 Å². The van der Waals surface area contributed by atoms with Gasteiger partial charge in [-0.25, -0.2) is 0 Å². The third kappa shape index (κ3) is 4.45. The van der Waals surface area contributed by atoms with E-state index in [0.717, 1.165) is 33.9 Å². The van der Waals surface area contributed by atoms with Crippen LogP contribution in [0.2, 0.25) is 0 Å². The summed E-state index contributed by atoms with van der Waals surface area (Å²) < 4.78 is 0. The Balaban J connectivity index is 1.42. The molecule has 1 aliphatic rings. The molecule has 1 N–H and O–H groups in total. The van der Waals surface area contributed by atoms with E-state index in [1.165, 1.54) is 0 Å². The van der Waals surface area contributed by atoms with E-state index >= 15 is 0 Å². The Morgan fingerprint density at radius 1 is 0.968 bits per heavy atom. The fourth-order valence-corrected chi connectivity index (χ4v) is 3.94. The maximum absolute atomic E-state index is 12.8. The molecule has 0 aromatic heterocycles. The molecule has 0 spiro atoms. The third-order valence-corrected chi connectivity index (χ3v) is 5.82. The van der Waals surface area contributed by atoms with Gasteiger partial charge < -0.3 is 15.1 Å². The van der Waals surface area contributed by atoms with E-state index in [0.29, 0.717) is 6.54 Å². The van der Waals surface area contributed by atoms with Crippen LogP contribution in [0.25, 0.3) is 0 Å². The maximum atomic E-state index is 12.8. The van der Waals surface area contributed by atoms with E-state index in [1.54, 1.807) is 4.90 Å². The number of carbonyl (C=O) groups is 2. The lowest BCUT2D eigenvalue weighted by atomic mass is 10.1. The highest BCUT2D eigenvalue weighted by molar-refractivity contribution is 6.04. The first-order valence-electron chi connectivity index (χ1n) is 10.5. The molecule has 31 heavy (non-hydrogen) atoms. The zero-order valence-electron chi connectivity index (χ0n) is 18.1. The van der Waals surface area contributed by atoms with Gasteiger partial charge in [-0.3, -0.25) is 9.59 Å². The molecule has 1 fully saturated rings. The molecule has 1 saturated heterocycles. The number of amides is 2. The lowest BCUT2D eigenvalue weighted by Gasteiger charge is -2.20. The van der Waals surface area contributed by atoms with E-state index in [9.17, 15) is 9.59 Å². The standard InChI is InChI=1S/C26H27N3O2/c1-18-9-10-19(2)24(15-18)29-17-20(16-25(29)30)26(31)27-21-11-13-23(14-12-21)28(3)22-7-5-4-6-8-22/h4-15,20H,16-17H2,1-3H3,(H,27,31). The summed E-state index contributed by atoms with van der Waals surface area (Å²) in [5.74, 6) is -0.488. The molecule has 1 heterocycles. The molecule has 1 atom stereocenters. The lowest BCUT2D eigenvalue weighted by molar-refractivity contribution is -0.122. The summed E-state index contributed by atoms with van der Waals surface area (Å²) in [5, 5.41) is 2.97. The van der Waals surface area contributed by atoms with Crippen molar-refractivity contribution in [2.24, 2.45) is 5.92 Å². The Morgan fingerprint density at radius 2 is 1.65 bits per heavy atom. The van der Waals surface area contributed by atoms with Crippen LogP contribution in [-0.2, 0) is 9.59 Å². The first-order chi connectivity index (χ1) is 14.9. The lowest BCUT2D eigenvalue weighted by Crippen LogP contribution is -2.28. The number of anilines is 4. The van der Waals surface area contributed by atoms with Gasteiger partial charge in [0.1, 0.15) is 0 Å². The number of nitrogens with zero attached hydrogens (tertiary/aromatic N) is 2. The molecule has 0 radical (unpaired) electrons. The zero-order valence-corrected chi connectivity index (χ0v) is 18.1. The van der Waals surface area contributed by atoms with Crippen LogP contribution < -0.4 is 15.1 Å². The Morgan fingerprint density at radius 3 is 2.35 bits per heavy atom. The number of carbonyl (C=O) groups excluding carboxylic acids is 2. The quantitative estimate of drug-likeness (QED) is 0.636. The van der Waals surface area contributed by atoms with Crippen LogP contribution in [0.15, 0.2) is 72.8 Å². The summed E-state index contributed by atoms with van der Waals surface area (Å²) in [7, 11) is 2.01. The van der Waals surface area contributed by atoms with Crippen molar-refractivity contribution in [3.63, 3.8) is 0 Å². The van der Waals surface area contributed by atoms with Crippen LogP contribution in [0.3, 0.4) is 0 Å². The van der Waals surface area contributed by atoms with Gasteiger partial charge in [-0.2, -0.15) is 0 Å². The van der Waals surface area contributed by atoms with Gasteiger partial charge in [0, 0.05) is 42.8 Å². The molecule has 0 aliphatic carbocycles. The summed E-state index contributed by atoms with van der Waals surface area (Å²) in [4.78, 5) is 29.3. The van der Waals surface area contributed by atoms with Crippen LogP contribution in [0.4, 0.5) is 22.7 Å². The predicted octanol–water partition coefficient (Wildman–Crippen LogP) is 5.06. The molecule has 1 unspecified atom stereocenters. The topological polar surface area (TPSA) is 52.7 Å². The number of para-hydroxylation sites is 1. The molecule has 4 rings (SSSR count). The van der Waals surface area contributed by atoms with E-state index in [4.69, 9.17) is 0 Å².